The van der Waals surface area contributed by atoms with Crippen molar-refractivity contribution >= 4 is 29.6 Å². The number of thioether (sulfide) groups is 1. The molecule has 0 saturated carbocycles. The van der Waals surface area contributed by atoms with Gasteiger partial charge in [0.25, 0.3) is 0 Å². The van der Waals surface area contributed by atoms with Crippen molar-refractivity contribution in [2.24, 2.45) is 5.73 Å². The average molecular weight is 466 g/mol. The molecule has 1 aliphatic rings. The van der Waals surface area contributed by atoms with Crippen LogP contribution >= 0.6 is 11.8 Å². The molecule has 9 heteroatoms. The molecular formula is C23H35N3O5S. The number of hydrogen-bond donors (Lipinski definition) is 3. The third-order valence-corrected chi connectivity index (χ3v) is 6.55. The first kappa shape index (κ1) is 26.2. The van der Waals surface area contributed by atoms with E-state index in [0.717, 1.165) is 31.2 Å². The molecule has 0 aliphatic carbocycles. The third kappa shape index (κ3) is 8.11. The van der Waals surface area contributed by atoms with Crippen LogP contribution in [0.15, 0.2) is 30.3 Å². The second-order valence-corrected chi connectivity index (χ2v) is 8.91. The van der Waals surface area contributed by atoms with Gasteiger partial charge in [-0.2, -0.15) is 11.8 Å². The number of nitrogens with zero attached hydrogens (tertiary/aromatic N) is 1. The smallest absolute Gasteiger partial charge is 0.323 e. The van der Waals surface area contributed by atoms with Crippen LogP contribution < -0.4 is 11.1 Å². The van der Waals surface area contributed by atoms with E-state index in [9.17, 15) is 19.5 Å². The number of carboxylic acids is 1. The molecule has 0 unspecified atom stereocenters. The standard InChI is InChI=1S/C23H35N3O5S/c1-2-31-23(30)18(12-8-3-4-9-13-24)25-19-15-32-16-20(17-10-6-5-7-11-17)26(22(19)29)14-21(27)28/h5-7,10-11,18-20,25H,2-4,8-9,12-16,24H2,1H3,(H,27,28)/t18-,19-,20-/m0/s1. The minimum absolute atomic E-state index is 0.263. The fourth-order valence-corrected chi connectivity index (χ4v) is 5.02. The van der Waals surface area contributed by atoms with E-state index in [1.165, 1.54) is 4.90 Å². The SMILES string of the molecule is CCOC(=O)[C@H](CCCCCCN)N[C@H]1CSC[C@@H](c2ccccc2)N(CC(=O)O)C1=O. The summed E-state index contributed by atoms with van der Waals surface area (Å²) in [5, 5.41) is 12.6. The Balaban J connectivity index is 2.15. The van der Waals surface area contributed by atoms with E-state index < -0.39 is 18.1 Å². The van der Waals surface area contributed by atoms with Crippen LogP contribution in [-0.2, 0) is 19.1 Å². The van der Waals surface area contributed by atoms with Gasteiger partial charge in [-0.05, 0) is 31.9 Å². The van der Waals surface area contributed by atoms with Crippen molar-refractivity contribution in [3.05, 3.63) is 35.9 Å². The van der Waals surface area contributed by atoms with Crippen LogP contribution in [-0.4, -0.2) is 71.1 Å². The number of carboxylic acid groups (broad SMARTS) is 1. The quantitative estimate of drug-likeness (QED) is 0.299. The zero-order valence-corrected chi connectivity index (χ0v) is 19.5. The molecule has 3 atom stereocenters. The number of nitrogens with one attached hydrogen (secondary N) is 1. The third-order valence-electron chi connectivity index (χ3n) is 5.43. The summed E-state index contributed by atoms with van der Waals surface area (Å²) < 4.78 is 5.22. The maximum Gasteiger partial charge on any atom is 0.323 e. The maximum atomic E-state index is 13.4. The fraction of sp³-hybridized carbons (Fsp3) is 0.609. The Morgan fingerprint density at radius 2 is 1.94 bits per heavy atom. The van der Waals surface area contributed by atoms with Crippen molar-refractivity contribution in [3.63, 3.8) is 0 Å². The summed E-state index contributed by atoms with van der Waals surface area (Å²) in [6.45, 7) is 2.27. The lowest BCUT2D eigenvalue weighted by molar-refractivity contribution is -0.149. The molecule has 1 amide bonds. The predicted molar refractivity (Wildman–Crippen MR) is 125 cm³/mol. The van der Waals surface area contributed by atoms with Gasteiger partial charge in [-0.15, -0.1) is 0 Å². The highest BCUT2D eigenvalue weighted by Gasteiger charge is 2.37. The zero-order valence-electron chi connectivity index (χ0n) is 18.7. The normalized spacial score (nSPS) is 19.9. The lowest BCUT2D eigenvalue weighted by Gasteiger charge is -2.31. The predicted octanol–water partition coefficient (Wildman–Crippen LogP) is 2.19. The fourth-order valence-electron chi connectivity index (χ4n) is 3.82. The summed E-state index contributed by atoms with van der Waals surface area (Å²) in [5.74, 6) is -0.695. The number of ether oxygens (including phenoxy) is 1. The number of rotatable bonds is 13. The Labute approximate surface area is 194 Å². The largest absolute Gasteiger partial charge is 0.480 e. The minimum Gasteiger partial charge on any atom is -0.480 e. The van der Waals surface area contributed by atoms with Gasteiger partial charge in [0.2, 0.25) is 5.91 Å². The molecule has 8 nitrogen and oxygen atoms in total. The Bertz CT molecular complexity index is 734. The van der Waals surface area contributed by atoms with Crippen LogP contribution in [0.25, 0.3) is 0 Å². The van der Waals surface area contributed by atoms with Crippen LogP contribution in [0.5, 0.6) is 0 Å². The zero-order chi connectivity index (χ0) is 23.3. The Kier molecular flexibility index (Phi) is 11.5. The van der Waals surface area contributed by atoms with Crippen molar-refractivity contribution in [1.29, 1.82) is 0 Å². The second-order valence-electron chi connectivity index (χ2n) is 7.84. The Hall–Kier alpha value is -2.10. The second kappa shape index (κ2) is 14.1. The molecule has 1 heterocycles. The summed E-state index contributed by atoms with van der Waals surface area (Å²) in [7, 11) is 0. The summed E-state index contributed by atoms with van der Waals surface area (Å²) in [6, 6.07) is 7.85. The first-order valence-corrected chi connectivity index (χ1v) is 12.4. The van der Waals surface area contributed by atoms with E-state index in [2.05, 4.69) is 5.32 Å². The molecule has 0 radical (unpaired) electrons. The van der Waals surface area contributed by atoms with Gasteiger partial charge in [-0.1, -0.05) is 49.6 Å². The number of benzene rings is 1. The van der Waals surface area contributed by atoms with Gasteiger partial charge in [0.15, 0.2) is 0 Å². The van der Waals surface area contributed by atoms with Crippen LogP contribution in [0.1, 0.15) is 50.6 Å². The van der Waals surface area contributed by atoms with Crippen molar-refractivity contribution < 1.29 is 24.2 Å². The molecule has 0 bridgehead atoms. The number of carbonyl (C=O) groups is 3. The molecule has 4 N–H and O–H groups in total. The van der Waals surface area contributed by atoms with Gasteiger partial charge >= 0.3 is 11.9 Å². The molecule has 0 aromatic heterocycles. The number of esters is 1. The summed E-state index contributed by atoms with van der Waals surface area (Å²) in [4.78, 5) is 38.9. The van der Waals surface area contributed by atoms with Gasteiger partial charge in [0.1, 0.15) is 12.6 Å². The highest BCUT2D eigenvalue weighted by molar-refractivity contribution is 7.99. The van der Waals surface area contributed by atoms with Gasteiger partial charge in [-0.3, -0.25) is 19.7 Å². The monoisotopic (exact) mass is 465 g/mol. The molecule has 32 heavy (non-hydrogen) atoms. The van der Waals surface area contributed by atoms with Crippen molar-refractivity contribution in [2.75, 3.05) is 31.2 Å². The van der Waals surface area contributed by atoms with Crippen molar-refractivity contribution in [2.45, 2.75) is 57.2 Å². The van der Waals surface area contributed by atoms with Gasteiger partial charge in [0, 0.05) is 11.5 Å². The number of nitrogens with two attached hydrogens (primary N) is 1. The first-order valence-electron chi connectivity index (χ1n) is 11.3. The van der Waals surface area contributed by atoms with E-state index in [1.807, 2.05) is 30.3 Å². The summed E-state index contributed by atoms with van der Waals surface area (Å²) in [6.07, 6.45) is 4.26. The number of hydrogen-bond acceptors (Lipinski definition) is 7. The van der Waals surface area contributed by atoms with Crippen molar-refractivity contribution in [1.82, 2.24) is 10.2 Å². The number of unbranched alkanes of at least 4 members (excludes halogenated alkanes) is 3. The molecule has 1 aromatic rings. The number of amides is 1. The van der Waals surface area contributed by atoms with E-state index in [1.54, 1.807) is 18.7 Å². The molecule has 1 aromatic carbocycles. The molecule has 178 valence electrons. The maximum absolute atomic E-state index is 13.4. The molecule has 1 aliphatic heterocycles. The van der Waals surface area contributed by atoms with Crippen LogP contribution in [0.2, 0.25) is 0 Å². The summed E-state index contributed by atoms with van der Waals surface area (Å²) in [5.41, 5.74) is 6.44. The number of aliphatic carboxylic acids is 1. The Morgan fingerprint density at radius 3 is 2.59 bits per heavy atom. The average Bonchev–Trinajstić information content (AvgIpc) is 2.92. The van der Waals surface area contributed by atoms with Crippen LogP contribution in [0.3, 0.4) is 0 Å². The van der Waals surface area contributed by atoms with Gasteiger partial charge < -0.3 is 20.5 Å². The lowest BCUT2D eigenvalue weighted by Crippen LogP contribution is -2.54. The van der Waals surface area contributed by atoms with Crippen molar-refractivity contribution in [3.8, 4) is 0 Å². The molecule has 1 saturated heterocycles. The first-order chi connectivity index (χ1) is 15.5. The molecule has 0 spiro atoms. The lowest BCUT2D eigenvalue weighted by atomic mass is 10.0. The number of carbonyl (C=O) groups excluding carboxylic acids is 2. The van der Waals surface area contributed by atoms with Gasteiger partial charge in [-0.25, -0.2) is 0 Å². The topological polar surface area (TPSA) is 122 Å². The molecule has 1 fully saturated rings. The Morgan fingerprint density at radius 1 is 1.22 bits per heavy atom. The molecule has 2 rings (SSSR count). The minimum atomic E-state index is -1.06. The van der Waals surface area contributed by atoms with E-state index in [-0.39, 0.29) is 31.1 Å². The van der Waals surface area contributed by atoms with E-state index in [0.29, 0.717) is 24.5 Å². The molecular weight excluding hydrogens is 430 g/mol. The van der Waals surface area contributed by atoms with E-state index >= 15 is 0 Å². The van der Waals surface area contributed by atoms with Crippen LogP contribution in [0, 0.1) is 0 Å². The van der Waals surface area contributed by atoms with Crippen LogP contribution in [0.4, 0.5) is 0 Å². The van der Waals surface area contributed by atoms with E-state index in [4.69, 9.17) is 10.5 Å². The highest BCUT2D eigenvalue weighted by Crippen LogP contribution is 2.29. The summed E-state index contributed by atoms with van der Waals surface area (Å²) >= 11 is 1.58. The highest BCUT2D eigenvalue weighted by atomic mass is 32.2. The van der Waals surface area contributed by atoms with Gasteiger partial charge in [0.05, 0.1) is 18.7 Å².